The van der Waals surface area contributed by atoms with E-state index in [4.69, 9.17) is 5.73 Å². The van der Waals surface area contributed by atoms with E-state index in [0.29, 0.717) is 19.5 Å². The highest BCUT2D eigenvalue weighted by Gasteiger charge is 2.34. The molecule has 0 saturated carbocycles. The van der Waals surface area contributed by atoms with Crippen molar-refractivity contribution in [2.24, 2.45) is 11.7 Å². The molecule has 23 heavy (non-hydrogen) atoms. The minimum Gasteiger partial charge on any atom is -0.370 e. The van der Waals surface area contributed by atoms with Crippen LogP contribution >= 0.6 is 11.3 Å². The number of benzene rings is 1. The van der Waals surface area contributed by atoms with Crippen molar-refractivity contribution in [3.63, 3.8) is 0 Å². The Morgan fingerprint density at radius 2 is 2.22 bits per heavy atom. The zero-order valence-electron chi connectivity index (χ0n) is 12.6. The smallest absolute Gasteiger partial charge is 0.251 e. The topological polar surface area (TPSA) is 59.2 Å². The molecular formula is C16H19F2N3OS. The summed E-state index contributed by atoms with van der Waals surface area (Å²) in [6, 6.07) is 7.82. The predicted molar refractivity (Wildman–Crippen MR) is 86.7 cm³/mol. The summed E-state index contributed by atoms with van der Waals surface area (Å²) >= 11 is 1.58. The molecule has 1 aromatic carbocycles. The number of carbonyl (C=O) groups excluding carboxylic acids is 1. The second-order valence-corrected chi connectivity index (χ2v) is 7.06. The molecule has 1 aliphatic rings. The number of nitrogens with zero attached hydrogens (tertiary/aromatic N) is 2. The molecule has 1 fully saturated rings. The van der Waals surface area contributed by atoms with Gasteiger partial charge in [-0.1, -0.05) is 12.1 Å². The largest absolute Gasteiger partial charge is 0.370 e. The van der Waals surface area contributed by atoms with Crippen molar-refractivity contribution in [2.75, 3.05) is 19.6 Å². The summed E-state index contributed by atoms with van der Waals surface area (Å²) in [5, 5.41) is 0.913. The van der Waals surface area contributed by atoms with E-state index < -0.39 is 6.43 Å². The number of carbonyl (C=O) groups is 1. The Labute approximate surface area is 137 Å². The lowest BCUT2D eigenvalue weighted by molar-refractivity contribution is -0.119. The molecule has 0 spiro atoms. The Bertz CT molecular complexity index is 658. The number of primary amides is 1. The summed E-state index contributed by atoms with van der Waals surface area (Å²) in [5.41, 5.74) is 6.28. The van der Waals surface area contributed by atoms with Gasteiger partial charge in [0.25, 0.3) is 6.43 Å². The van der Waals surface area contributed by atoms with Gasteiger partial charge in [0.1, 0.15) is 0 Å². The molecule has 2 N–H and O–H groups in total. The molecule has 4 nitrogen and oxygen atoms in total. The van der Waals surface area contributed by atoms with Crippen molar-refractivity contribution in [3.05, 3.63) is 29.3 Å². The third kappa shape index (κ3) is 3.84. The number of fused-ring (bicyclic) bond motifs is 1. The molecular weight excluding hydrogens is 320 g/mol. The molecule has 1 saturated heterocycles. The minimum atomic E-state index is -2.35. The number of hydrogen-bond donors (Lipinski definition) is 1. The quantitative estimate of drug-likeness (QED) is 0.911. The number of para-hydroxylation sites is 1. The van der Waals surface area contributed by atoms with Crippen LogP contribution in [-0.4, -0.2) is 41.9 Å². The highest BCUT2D eigenvalue weighted by Crippen LogP contribution is 2.38. The van der Waals surface area contributed by atoms with E-state index in [-0.39, 0.29) is 30.7 Å². The average Bonchev–Trinajstić information content (AvgIpc) is 2.91. The van der Waals surface area contributed by atoms with Gasteiger partial charge in [-0.2, -0.15) is 0 Å². The summed E-state index contributed by atoms with van der Waals surface area (Å²) in [5.74, 6) is -0.294. The number of rotatable bonds is 5. The zero-order chi connectivity index (χ0) is 16.4. The fraction of sp³-hybridized carbons (Fsp3) is 0.500. The first-order valence-corrected chi connectivity index (χ1v) is 8.49. The van der Waals surface area contributed by atoms with Crippen LogP contribution in [0.25, 0.3) is 10.2 Å². The van der Waals surface area contributed by atoms with Crippen LogP contribution in [0.1, 0.15) is 23.8 Å². The second-order valence-electron chi connectivity index (χ2n) is 6.00. The number of hydrogen-bond acceptors (Lipinski definition) is 4. The van der Waals surface area contributed by atoms with Gasteiger partial charge in [0.15, 0.2) is 0 Å². The molecule has 1 aromatic heterocycles. The van der Waals surface area contributed by atoms with Crippen LogP contribution in [0.4, 0.5) is 8.78 Å². The number of halogens is 2. The maximum absolute atomic E-state index is 12.7. The van der Waals surface area contributed by atoms with E-state index in [2.05, 4.69) is 4.98 Å². The highest BCUT2D eigenvalue weighted by atomic mass is 32.1. The van der Waals surface area contributed by atoms with Gasteiger partial charge in [-0.25, -0.2) is 13.8 Å². The van der Waals surface area contributed by atoms with Crippen molar-refractivity contribution in [1.82, 2.24) is 9.88 Å². The van der Waals surface area contributed by atoms with Crippen molar-refractivity contribution >= 4 is 27.5 Å². The molecule has 124 valence electrons. The van der Waals surface area contributed by atoms with Gasteiger partial charge in [-0.15, -0.1) is 11.3 Å². The molecule has 0 bridgehead atoms. The Morgan fingerprint density at radius 3 is 2.91 bits per heavy atom. The van der Waals surface area contributed by atoms with Crippen LogP contribution < -0.4 is 5.73 Å². The van der Waals surface area contributed by atoms with Crippen molar-refractivity contribution in [3.8, 4) is 0 Å². The van der Waals surface area contributed by atoms with Crippen LogP contribution in [0.3, 0.4) is 0 Å². The average molecular weight is 339 g/mol. The van der Waals surface area contributed by atoms with Gasteiger partial charge in [-0.3, -0.25) is 9.69 Å². The van der Waals surface area contributed by atoms with E-state index in [1.165, 1.54) is 0 Å². The monoisotopic (exact) mass is 339 g/mol. The summed E-state index contributed by atoms with van der Waals surface area (Å²) in [6.07, 6.45) is -1.38. The molecule has 2 unspecified atom stereocenters. The molecule has 3 rings (SSSR count). The molecule has 1 amide bonds. The van der Waals surface area contributed by atoms with Gasteiger partial charge in [-0.05, 0) is 31.0 Å². The first-order valence-electron chi connectivity index (χ1n) is 7.67. The Morgan fingerprint density at radius 1 is 1.43 bits per heavy atom. The molecule has 0 radical (unpaired) electrons. The number of aromatic nitrogens is 1. The van der Waals surface area contributed by atoms with Gasteiger partial charge in [0, 0.05) is 18.9 Å². The lowest BCUT2D eigenvalue weighted by atomic mass is 9.83. The van der Waals surface area contributed by atoms with E-state index in [0.717, 1.165) is 15.2 Å². The minimum absolute atomic E-state index is 0.0209. The van der Waals surface area contributed by atoms with E-state index in [1.54, 1.807) is 16.2 Å². The third-order valence-electron chi connectivity index (χ3n) is 4.33. The Hall–Kier alpha value is -1.60. The third-order valence-corrected chi connectivity index (χ3v) is 5.50. The van der Waals surface area contributed by atoms with Crippen LogP contribution in [0.5, 0.6) is 0 Å². The predicted octanol–water partition coefficient (Wildman–Crippen LogP) is 2.84. The maximum Gasteiger partial charge on any atom is 0.251 e. The van der Waals surface area contributed by atoms with Crippen LogP contribution in [0.2, 0.25) is 0 Å². The fourth-order valence-corrected chi connectivity index (χ4v) is 4.41. The molecule has 7 heteroatoms. The van der Waals surface area contributed by atoms with Crippen LogP contribution in [0, 0.1) is 5.92 Å². The van der Waals surface area contributed by atoms with Crippen molar-refractivity contribution < 1.29 is 13.6 Å². The lowest BCUT2D eigenvalue weighted by Gasteiger charge is -2.37. The van der Waals surface area contributed by atoms with Crippen molar-refractivity contribution in [2.45, 2.75) is 25.2 Å². The van der Waals surface area contributed by atoms with Gasteiger partial charge in [0.05, 0.1) is 21.8 Å². The Kier molecular flexibility index (Phi) is 4.87. The summed E-state index contributed by atoms with van der Waals surface area (Å²) in [4.78, 5) is 17.8. The van der Waals surface area contributed by atoms with Gasteiger partial charge >= 0.3 is 0 Å². The van der Waals surface area contributed by atoms with Crippen molar-refractivity contribution in [1.29, 1.82) is 0 Å². The zero-order valence-corrected chi connectivity index (χ0v) is 13.4. The summed E-state index contributed by atoms with van der Waals surface area (Å²) in [7, 11) is 0. The van der Waals surface area contributed by atoms with Crippen LogP contribution in [-0.2, 0) is 4.79 Å². The lowest BCUT2D eigenvalue weighted by Crippen LogP contribution is -2.42. The Balaban J connectivity index is 1.86. The highest BCUT2D eigenvalue weighted by molar-refractivity contribution is 7.18. The van der Waals surface area contributed by atoms with E-state index in [9.17, 15) is 13.6 Å². The number of alkyl halides is 2. The van der Waals surface area contributed by atoms with E-state index >= 15 is 0 Å². The molecule has 2 aromatic rings. The molecule has 2 atom stereocenters. The SMILES string of the molecule is NC(=O)CC1CCN(CC(F)F)CC1c1nc2ccccc2s1. The van der Waals surface area contributed by atoms with E-state index in [1.807, 2.05) is 24.3 Å². The number of amides is 1. The molecule has 2 heterocycles. The standard InChI is InChI=1S/C16H19F2N3OS/c17-14(18)9-21-6-5-10(7-15(19)22)11(8-21)16-20-12-3-1-2-4-13(12)23-16/h1-4,10-11,14H,5-9H2,(H2,19,22). The number of nitrogens with two attached hydrogens (primary N) is 1. The number of thiazole rings is 1. The number of likely N-dealkylation sites (tertiary alicyclic amines) is 1. The summed E-state index contributed by atoms with van der Waals surface area (Å²) < 4.78 is 26.5. The van der Waals surface area contributed by atoms with Crippen LogP contribution in [0.15, 0.2) is 24.3 Å². The van der Waals surface area contributed by atoms with Gasteiger partial charge in [0.2, 0.25) is 5.91 Å². The first kappa shape index (κ1) is 16.3. The number of piperidine rings is 1. The fourth-order valence-electron chi connectivity index (χ4n) is 3.26. The first-order chi connectivity index (χ1) is 11.0. The normalized spacial score (nSPS) is 22.7. The molecule has 1 aliphatic heterocycles. The van der Waals surface area contributed by atoms with Gasteiger partial charge < -0.3 is 5.73 Å². The summed E-state index contributed by atoms with van der Waals surface area (Å²) in [6.45, 7) is 0.844. The maximum atomic E-state index is 12.7. The molecule has 0 aliphatic carbocycles. The second kappa shape index (κ2) is 6.88.